The van der Waals surface area contributed by atoms with Crippen molar-refractivity contribution < 1.29 is 9.53 Å². The molecule has 1 saturated carbocycles. The lowest BCUT2D eigenvalue weighted by molar-refractivity contribution is -0.136. The number of likely N-dealkylation sites (tertiary alicyclic amines) is 1. The molecule has 0 bridgehead atoms. The molecule has 1 aliphatic heterocycles. The Hall–Kier alpha value is -1.55. The number of amides is 1. The first-order chi connectivity index (χ1) is 12.1. The summed E-state index contributed by atoms with van der Waals surface area (Å²) in [5.41, 5.74) is 1.22. The van der Waals surface area contributed by atoms with Gasteiger partial charge in [-0.05, 0) is 52.1 Å². The van der Waals surface area contributed by atoms with Gasteiger partial charge < -0.3 is 9.64 Å². The summed E-state index contributed by atoms with van der Waals surface area (Å²) >= 11 is 0. The molecule has 1 saturated heterocycles. The van der Waals surface area contributed by atoms with Gasteiger partial charge in [-0.3, -0.25) is 9.69 Å². The number of carbonyl (C=O) groups excluding carboxylic acids is 1. The molecule has 1 atom stereocenters. The molecule has 3 rings (SSSR count). The predicted octanol–water partition coefficient (Wildman–Crippen LogP) is 4.01. The van der Waals surface area contributed by atoms with Gasteiger partial charge in [-0.15, -0.1) is 0 Å². The lowest BCUT2D eigenvalue weighted by atomic mass is 10.0. The van der Waals surface area contributed by atoms with E-state index in [1.165, 1.54) is 31.2 Å². The molecule has 2 fully saturated rings. The van der Waals surface area contributed by atoms with Crippen LogP contribution in [0.15, 0.2) is 24.3 Å². The van der Waals surface area contributed by atoms with Crippen molar-refractivity contribution >= 4 is 5.91 Å². The van der Waals surface area contributed by atoms with Crippen LogP contribution in [0, 0.1) is 0 Å². The Kier molecular flexibility index (Phi) is 6.00. The molecule has 1 aromatic rings. The Balaban J connectivity index is 1.73. The fourth-order valence-electron chi connectivity index (χ4n) is 4.66. The zero-order valence-electron chi connectivity index (χ0n) is 15.9. The number of benzene rings is 1. The van der Waals surface area contributed by atoms with E-state index in [2.05, 4.69) is 35.8 Å². The topological polar surface area (TPSA) is 32.8 Å². The highest BCUT2D eigenvalue weighted by Gasteiger charge is 2.34. The van der Waals surface area contributed by atoms with E-state index in [1.54, 1.807) is 7.11 Å². The fraction of sp³-hybridized carbons (Fsp3) is 0.667. The van der Waals surface area contributed by atoms with E-state index >= 15 is 0 Å². The van der Waals surface area contributed by atoms with Gasteiger partial charge in [0.2, 0.25) is 5.91 Å². The highest BCUT2D eigenvalue weighted by molar-refractivity contribution is 5.79. The first kappa shape index (κ1) is 18.2. The smallest absolute Gasteiger partial charge is 0.237 e. The fourth-order valence-corrected chi connectivity index (χ4v) is 4.66. The second kappa shape index (κ2) is 8.22. The van der Waals surface area contributed by atoms with Crippen LogP contribution in [-0.4, -0.2) is 48.0 Å². The van der Waals surface area contributed by atoms with Crippen LogP contribution in [0.3, 0.4) is 0 Å². The zero-order chi connectivity index (χ0) is 17.8. The van der Waals surface area contributed by atoms with Crippen molar-refractivity contribution in [3.05, 3.63) is 29.8 Å². The molecule has 1 aliphatic carbocycles. The van der Waals surface area contributed by atoms with E-state index in [1.807, 2.05) is 12.1 Å². The maximum atomic E-state index is 13.1. The van der Waals surface area contributed by atoms with Crippen molar-refractivity contribution in [1.29, 1.82) is 0 Å². The predicted molar refractivity (Wildman–Crippen MR) is 101 cm³/mol. The molecule has 4 heteroatoms. The minimum Gasteiger partial charge on any atom is -0.496 e. The molecule has 1 aromatic carbocycles. The normalized spacial score (nSPS) is 21.8. The SMILES string of the molecule is COc1ccccc1C1CCCN1CC(=O)N(C(C)C)C1CCCC1. The highest BCUT2D eigenvalue weighted by atomic mass is 16.5. The van der Waals surface area contributed by atoms with Gasteiger partial charge in [0.1, 0.15) is 5.75 Å². The van der Waals surface area contributed by atoms with Crippen LogP contribution in [0.2, 0.25) is 0 Å². The zero-order valence-corrected chi connectivity index (χ0v) is 15.9. The summed E-state index contributed by atoms with van der Waals surface area (Å²) in [6.07, 6.45) is 7.09. The van der Waals surface area contributed by atoms with Crippen LogP contribution in [0.4, 0.5) is 0 Å². The van der Waals surface area contributed by atoms with Crippen molar-refractivity contribution in [3.8, 4) is 5.75 Å². The molecular weight excluding hydrogens is 312 g/mol. The third-order valence-electron chi connectivity index (χ3n) is 5.76. The molecule has 1 heterocycles. The molecule has 138 valence electrons. The van der Waals surface area contributed by atoms with E-state index in [0.29, 0.717) is 18.5 Å². The number of ether oxygens (including phenoxy) is 1. The third kappa shape index (κ3) is 4.00. The summed E-state index contributed by atoms with van der Waals surface area (Å²) in [6.45, 7) is 5.82. The average molecular weight is 344 g/mol. The average Bonchev–Trinajstić information content (AvgIpc) is 3.27. The van der Waals surface area contributed by atoms with Crippen molar-refractivity contribution in [2.24, 2.45) is 0 Å². The third-order valence-corrected chi connectivity index (χ3v) is 5.76. The van der Waals surface area contributed by atoms with E-state index in [0.717, 1.165) is 25.1 Å². The first-order valence-corrected chi connectivity index (χ1v) is 9.80. The Morgan fingerprint density at radius 3 is 2.60 bits per heavy atom. The van der Waals surface area contributed by atoms with Crippen LogP contribution >= 0.6 is 0 Å². The maximum absolute atomic E-state index is 13.1. The van der Waals surface area contributed by atoms with Crippen LogP contribution in [0.5, 0.6) is 5.75 Å². The Bertz CT molecular complexity index is 581. The molecule has 0 radical (unpaired) electrons. The lowest BCUT2D eigenvalue weighted by Crippen LogP contribution is -2.48. The number of rotatable bonds is 6. The number of hydrogen-bond donors (Lipinski definition) is 0. The number of para-hydroxylation sites is 1. The number of nitrogens with zero attached hydrogens (tertiary/aromatic N) is 2. The quantitative estimate of drug-likeness (QED) is 0.781. The van der Waals surface area contributed by atoms with Gasteiger partial charge in [0, 0.05) is 23.7 Å². The van der Waals surface area contributed by atoms with Gasteiger partial charge in [-0.2, -0.15) is 0 Å². The van der Waals surface area contributed by atoms with Crippen LogP contribution in [-0.2, 0) is 4.79 Å². The van der Waals surface area contributed by atoms with E-state index in [9.17, 15) is 4.79 Å². The van der Waals surface area contributed by atoms with Gasteiger partial charge in [-0.1, -0.05) is 31.0 Å². The molecule has 0 N–H and O–H groups in total. The van der Waals surface area contributed by atoms with Gasteiger partial charge in [0.25, 0.3) is 0 Å². The van der Waals surface area contributed by atoms with Crippen LogP contribution in [0.25, 0.3) is 0 Å². The summed E-state index contributed by atoms with van der Waals surface area (Å²) in [6, 6.07) is 9.25. The number of hydrogen-bond acceptors (Lipinski definition) is 3. The summed E-state index contributed by atoms with van der Waals surface area (Å²) in [5.74, 6) is 1.23. The first-order valence-electron chi connectivity index (χ1n) is 9.80. The minimum absolute atomic E-state index is 0.280. The minimum atomic E-state index is 0.280. The highest BCUT2D eigenvalue weighted by Crippen LogP contribution is 2.37. The Morgan fingerprint density at radius 2 is 1.92 bits per heavy atom. The summed E-state index contributed by atoms with van der Waals surface area (Å²) < 4.78 is 5.56. The second-order valence-electron chi connectivity index (χ2n) is 7.70. The molecule has 1 amide bonds. The van der Waals surface area contributed by atoms with Crippen LogP contribution in [0.1, 0.15) is 64.0 Å². The summed E-state index contributed by atoms with van der Waals surface area (Å²) in [5, 5.41) is 0. The van der Waals surface area contributed by atoms with Crippen molar-refractivity contribution in [3.63, 3.8) is 0 Å². The van der Waals surface area contributed by atoms with Gasteiger partial charge in [-0.25, -0.2) is 0 Å². The second-order valence-corrected chi connectivity index (χ2v) is 7.70. The Morgan fingerprint density at radius 1 is 1.20 bits per heavy atom. The monoisotopic (exact) mass is 344 g/mol. The summed E-state index contributed by atoms with van der Waals surface area (Å²) in [7, 11) is 1.73. The summed E-state index contributed by atoms with van der Waals surface area (Å²) in [4.78, 5) is 17.6. The van der Waals surface area contributed by atoms with Gasteiger partial charge >= 0.3 is 0 Å². The molecule has 2 aliphatic rings. The van der Waals surface area contributed by atoms with E-state index in [4.69, 9.17) is 4.74 Å². The standard InChI is InChI=1S/C21H32N2O2/c1-16(2)23(17-9-4-5-10-17)21(24)15-22-14-8-12-19(22)18-11-6-7-13-20(18)25-3/h6-7,11,13,16-17,19H,4-5,8-10,12,14-15H2,1-3H3. The number of carbonyl (C=O) groups is 1. The molecular formula is C21H32N2O2. The van der Waals surface area contributed by atoms with Crippen molar-refractivity contribution in [2.45, 2.75) is 70.5 Å². The van der Waals surface area contributed by atoms with Crippen molar-refractivity contribution in [1.82, 2.24) is 9.80 Å². The molecule has 1 unspecified atom stereocenters. The van der Waals surface area contributed by atoms with Gasteiger partial charge in [0.15, 0.2) is 0 Å². The molecule has 0 spiro atoms. The molecule has 25 heavy (non-hydrogen) atoms. The lowest BCUT2D eigenvalue weighted by Gasteiger charge is -2.35. The molecule has 4 nitrogen and oxygen atoms in total. The largest absolute Gasteiger partial charge is 0.496 e. The maximum Gasteiger partial charge on any atom is 0.237 e. The van der Waals surface area contributed by atoms with Crippen LogP contribution < -0.4 is 4.74 Å². The van der Waals surface area contributed by atoms with E-state index in [-0.39, 0.29) is 12.1 Å². The van der Waals surface area contributed by atoms with Crippen molar-refractivity contribution in [2.75, 3.05) is 20.2 Å². The van der Waals surface area contributed by atoms with E-state index < -0.39 is 0 Å². The molecule has 0 aromatic heterocycles. The van der Waals surface area contributed by atoms with Gasteiger partial charge in [0.05, 0.1) is 13.7 Å². The number of methoxy groups -OCH3 is 1. The Labute approximate surface area is 152 Å².